The molecule has 17 heavy (non-hydrogen) atoms. The average Bonchev–Trinajstić information content (AvgIpc) is 2.25. The molecule has 1 aromatic rings. The Morgan fingerprint density at radius 2 is 1.76 bits per heavy atom. The summed E-state index contributed by atoms with van der Waals surface area (Å²) in [6.07, 6.45) is 2.04. The van der Waals surface area contributed by atoms with E-state index in [1.807, 2.05) is 13.8 Å². The predicted octanol–water partition coefficient (Wildman–Crippen LogP) is 4.11. The van der Waals surface area contributed by atoms with Crippen molar-refractivity contribution in [3.8, 4) is 0 Å². The maximum Gasteiger partial charge on any atom is 0.194 e. The Balaban J connectivity index is 2.83. The van der Waals surface area contributed by atoms with Crippen LogP contribution < -0.4 is 0 Å². The van der Waals surface area contributed by atoms with E-state index < -0.39 is 17.5 Å². The molecule has 94 valence electrons. The standard InChI is InChI=1S/C13H15F3O/c1-3-4-8(2)5-12(17)9-6-10(14)13(16)11(15)7-9/h6-8H,3-5H2,1-2H3. The molecular formula is C13H15F3O. The van der Waals surface area contributed by atoms with Gasteiger partial charge in [-0.2, -0.15) is 0 Å². The second-order valence-electron chi connectivity index (χ2n) is 4.28. The minimum Gasteiger partial charge on any atom is -0.294 e. The second kappa shape index (κ2) is 5.84. The molecular weight excluding hydrogens is 229 g/mol. The summed E-state index contributed by atoms with van der Waals surface area (Å²) in [6, 6.07) is 1.50. The van der Waals surface area contributed by atoms with Crippen molar-refractivity contribution < 1.29 is 18.0 Å². The third-order valence-electron chi connectivity index (χ3n) is 2.62. The fourth-order valence-corrected chi connectivity index (χ4v) is 1.75. The monoisotopic (exact) mass is 244 g/mol. The van der Waals surface area contributed by atoms with Crippen molar-refractivity contribution >= 4 is 5.78 Å². The molecule has 0 aromatic heterocycles. The van der Waals surface area contributed by atoms with Crippen molar-refractivity contribution in [2.75, 3.05) is 0 Å². The van der Waals surface area contributed by atoms with Gasteiger partial charge in [-0.05, 0) is 18.1 Å². The molecule has 0 aliphatic heterocycles. The number of carbonyl (C=O) groups is 1. The number of Topliss-reactive ketones (excluding diaryl/α,β-unsaturated/α-hetero) is 1. The highest BCUT2D eigenvalue weighted by Gasteiger charge is 2.16. The van der Waals surface area contributed by atoms with Gasteiger partial charge in [-0.3, -0.25) is 4.79 Å². The molecule has 0 amide bonds. The molecule has 1 nitrogen and oxygen atoms in total. The highest BCUT2D eigenvalue weighted by molar-refractivity contribution is 5.96. The number of ketones is 1. The lowest BCUT2D eigenvalue weighted by molar-refractivity contribution is 0.0961. The maximum atomic E-state index is 12.9. The van der Waals surface area contributed by atoms with Gasteiger partial charge in [0.1, 0.15) is 0 Å². The number of rotatable bonds is 5. The zero-order valence-electron chi connectivity index (χ0n) is 9.90. The van der Waals surface area contributed by atoms with Crippen molar-refractivity contribution in [1.29, 1.82) is 0 Å². The summed E-state index contributed by atoms with van der Waals surface area (Å²) in [6.45, 7) is 3.90. The van der Waals surface area contributed by atoms with Crippen LogP contribution >= 0.6 is 0 Å². The van der Waals surface area contributed by atoms with Gasteiger partial charge in [0.2, 0.25) is 0 Å². The van der Waals surface area contributed by atoms with E-state index in [1.54, 1.807) is 0 Å². The summed E-state index contributed by atoms with van der Waals surface area (Å²) in [5, 5.41) is 0. The minimum absolute atomic E-state index is 0.107. The van der Waals surface area contributed by atoms with Gasteiger partial charge in [-0.1, -0.05) is 26.7 Å². The van der Waals surface area contributed by atoms with Crippen LogP contribution in [0.25, 0.3) is 0 Å². The molecule has 1 atom stereocenters. The molecule has 0 N–H and O–H groups in total. The Morgan fingerprint density at radius 3 is 2.24 bits per heavy atom. The molecule has 1 unspecified atom stereocenters. The zero-order valence-corrected chi connectivity index (χ0v) is 9.90. The summed E-state index contributed by atoms with van der Waals surface area (Å²) >= 11 is 0. The molecule has 0 heterocycles. The first-order valence-corrected chi connectivity index (χ1v) is 5.63. The molecule has 1 aromatic carbocycles. The van der Waals surface area contributed by atoms with Gasteiger partial charge in [0, 0.05) is 12.0 Å². The van der Waals surface area contributed by atoms with Crippen molar-refractivity contribution in [1.82, 2.24) is 0 Å². The molecule has 1 rings (SSSR count). The number of carbonyl (C=O) groups excluding carboxylic acids is 1. The summed E-state index contributed by atoms with van der Waals surface area (Å²) < 4.78 is 38.5. The van der Waals surface area contributed by atoms with E-state index >= 15 is 0 Å². The van der Waals surface area contributed by atoms with Crippen LogP contribution in [-0.4, -0.2) is 5.78 Å². The minimum atomic E-state index is -1.54. The van der Waals surface area contributed by atoms with E-state index in [2.05, 4.69) is 0 Å². The summed E-state index contributed by atoms with van der Waals surface area (Å²) in [5.74, 6) is -4.39. The van der Waals surface area contributed by atoms with Crippen LogP contribution in [0, 0.1) is 23.4 Å². The van der Waals surface area contributed by atoms with Gasteiger partial charge in [0.25, 0.3) is 0 Å². The van der Waals surface area contributed by atoms with Crippen LogP contribution in [0.1, 0.15) is 43.5 Å². The van der Waals surface area contributed by atoms with Gasteiger partial charge >= 0.3 is 0 Å². The number of hydrogen-bond acceptors (Lipinski definition) is 1. The van der Waals surface area contributed by atoms with Crippen LogP contribution in [0.5, 0.6) is 0 Å². The number of halogens is 3. The van der Waals surface area contributed by atoms with E-state index in [4.69, 9.17) is 0 Å². The van der Waals surface area contributed by atoms with Crippen molar-refractivity contribution in [3.05, 3.63) is 35.1 Å². The smallest absolute Gasteiger partial charge is 0.194 e. The molecule has 4 heteroatoms. The molecule has 0 bridgehead atoms. The highest BCUT2D eigenvalue weighted by atomic mass is 19.2. The van der Waals surface area contributed by atoms with Gasteiger partial charge in [-0.15, -0.1) is 0 Å². The fourth-order valence-electron chi connectivity index (χ4n) is 1.75. The van der Waals surface area contributed by atoms with Gasteiger partial charge in [-0.25, -0.2) is 13.2 Å². The number of benzene rings is 1. The first-order chi connectivity index (χ1) is 7.95. The molecule has 0 saturated carbocycles. The van der Waals surface area contributed by atoms with E-state index in [1.165, 1.54) is 0 Å². The molecule has 0 aliphatic rings. The Hall–Kier alpha value is -1.32. The van der Waals surface area contributed by atoms with E-state index in [-0.39, 0.29) is 23.7 Å². The SMILES string of the molecule is CCCC(C)CC(=O)c1cc(F)c(F)c(F)c1. The first-order valence-electron chi connectivity index (χ1n) is 5.63. The Bertz CT molecular complexity index is 392. The summed E-state index contributed by atoms with van der Waals surface area (Å²) in [4.78, 5) is 11.7. The van der Waals surface area contributed by atoms with Crippen LogP contribution in [-0.2, 0) is 0 Å². The topological polar surface area (TPSA) is 17.1 Å². The van der Waals surface area contributed by atoms with Gasteiger partial charge < -0.3 is 0 Å². The molecule has 0 radical (unpaired) electrons. The van der Waals surface area contributed by atoms with Crippen molar-refractivity contribution in [2.45, 2.75) is 33.1 Å². The third-order valence-corrected chi connectivity index (χ3v) is 2.62. The van der Waals surface area contributed by atoms with E-state index in [9.17, 15) is 18.0 Å². The Morgan fingerprint density at radius 1 is 1.24 bits per heavy atom. The normalized spacial score (nSPS) is 12.5. The van der Waals surface area contributed by atoms with Crippen LogP contribution in [0.2, 0.25) is 0 Å². The quantitative estimate of drug-likeness (QED) is 0.562. The van der Waals surface area contributed by atoms with Gasteiger partial charge in [0.05, 0.1) is 0 Å². The molecule has 0 fully saturated rings. The van der Waals surface area contributed by atoms with Crippen molar-refractivity contribution in [3.63, 3.8) is 0 Å². The van der Waals surface area contributed by atoms with Gasteiger partial charge in [0.15, 0.2) is 23.2 Å². The lowest BCUT2D eigenvalue weighted by Crippen LogP contribution is -2.07. The predicted molar refractivity (Wildman–Crippen MR) is 59.3 cm³/mol. The Kier molecular flexibility index (Phi) is 4.73. The lowest BCUT2D eigenvalue weighted by Gasteiger charge is -2.09. The zero-order chi connectivity index (χ0) is 13.0. The largest absolute Gasteiger partial charge is 0.294 e. The molecule has 0 spiro atoms. The second-order valence-corrected chi connectivity index (χ2v) is 4.28. The summed E-state index contributed by atoms with van der Waals surface area (Å²) in [7, 11) is 0. The van der Waals surface area contributed by atoms with E-state index in [0.29, 0.717) is 0 Å². The van der Waals surface area contributed by atoms with Crippen molar-refractivity contribution in [2.24, 2.45) is 5.92 Å². The fraction of sp³-hybridized carbons (Fsp3) is 0.462. The average molecular weight is 244 g/mol. The van der Waals surface area contributed by atoms with Crippen LogP contribution in [0.15, 0.2) is 12.1 Å². The lowest BCUT2D eigenvalue weighted by atomic mass is 9.96. The summed E-state index contributed by atoms with van der Waals surface area (Å²) in [5.41, 5.74) is -0.107. The molecule has 0 saturated heterocycles. The number of hydrogen-bond donors (Lipinski definition) is 0. The maximum absolute atomic E-state index is 12.9. The first kappa shape index (κ1) is 13.7. The van der Waals surface area contributed by atoms with Crippen LogP contribution in [0.3, 0.4) is 0 Å². The van der Waals surface area contributed by atoms with Crippen LogP contribution in [0.4, 0.5) is 13.2 Å². The van der Waals surface area contributed by atoms with E-state index in [0.717, 1.165) is 25.0 Å². The Labute approximate surface area is 98.6 Å². The molecule has 0 aliphatic carbocycles. The highest BCUT2D eigenvalue weighted by Crippen LogP contribution is 2.18. The third kappa shape index (κ3) is 3.58.